The van der Waals surface area contributed by atoms with Crippen LogP contribution < -0.4 is 15.2 Å². The molecule has 8 heteroatoms. The minimum absolute atomic E-state index is 0.289. The zero-order valence-electron chi connectivity index (χ0n) is 11.7. The predicted molar refractivity (Wildman–Crippen MR) is 72.4 cm³/mol. The van der Waals surface area contributed by atoms with E-state index in [1.807, 2.05) is 0 Å². The third-order valence-corrected chi connectivity index (χ3v) is 3.62. The van der Waals surface area contributed by atoms with Crippen molar-refractivity contribution < 1.29 is 27.0 Å². The first-order chi connectivity index (χ1) is 10.8. The molecule has 1 atom stereocenters. The average molecular weight is 328 g/mol. The van der Waals surface area contributed by atoms with Crippen molar-refractivity contribution in [3.8, 4) is 11.5 Å². The molecule has 0 aliphatic carbocycles. The molecule has 0 spiro atoms. The van der Waals surface area contributed by atoms with Gasteiger partial charge in [0.2, 0.25) is 0 Å². The number of fused-ring (bicyclic) bond motifs is 1. The molecular formula is C15H12F4N2O2. The maximum atomic E-state index is 13.9. The van der Waals surface area contributed by atoms with E-state index in [9.17, 15) is 17.6 Å². The largest absolute Gasteiger partial charge is 0.573 e. The van der Waals surface area contributed by atoms with E-state index in [0.29, 0.717) is 23.4 Å². The third kappa shape index (κ3) is 2.94. The number of halogens is 4. The zero-order chi connectivity index (χ0) is 16.7. The molecule has 0 fully saturated rings. The van der Waals surface area contributed by atoms with Crippen LogP contribution in [-0.4, -0.2) is 18.0 Å². The fourth-order valence-corrected chi connectivity index (χ4v) is 2.55. The molecule has 3 rings (SSSR count). The van der Waals surface area contributed by atoms with Gasteiger partial charge in [0.1, 0.15) is 11.4 Å². The van der Waals surface area contributed by atoms with Gasteiger partial charge in [-0.2, -0.15) is 0 Å². The van der Waals surface area contributed by atoms with Crippen LogP contribution in [0.2, 0.25) is 0 Å². The van der Waals surface area contributed by atoms with E-state index >= 15 is 0 Å². The molecule has 0 bridgehead atoms. The molecule has 2 N–H and O–H groups in total. The van der Waals surface area contributed by atoms with Gasteiger partial charge in [0.25, 0.3) is 0 Å². The molecule has 1 aromatic heterocycles. The van der Waals surface area contributed by atoms with Gasteiger partial charge < -0.3 is 15.2 Å². The number of alkyl halides is 3. The summed E-state index contributed by atoms with van der Waals surface area (Å²) in [6, 6.07) is 6.50. The van der Waals surface area contributed by atoms with E-state index < -0.39 is 23.5 Å². The molecule has 122 valence electrons. The number of hydrogen-bond acceptors (Lipinski definition) is 4. The normalized spacial score (nSPS) is 20.6. The highest BCUT2D eigenvalue weighted by Gasteiger charge is 2.38. The summed E-state index contributed by atoms with van der Waals surface area (Å²) < 4.78 is 59.6. The summed E-state index contributed by atoms with van der Waals surface area (Å²) in [6.45, 7) is 0.289. The minimum atomic E-state index is -4.96. The molecule has 4 nitrogen and oxygen atoms in total. The van der Waals surface area contributed by atoms with E-state index in [-0.39, 0.29) is 6.61 Å². The maximum Gasteiger partial charge on any atom is 0.573 e. The van der Waals surface area contributed by atoms with Crippen LogP contribution in [0.3, 0.4) is 0 Å². The highest BCUT2D eigenvalue weighted by atomic mass is 19.4. The van der Waals surface area contributed by atoms with Gasteiger partial charge in [0.05, 0.1) is 12.1 Å². The lowest BCUT2D eigenvalue weighted by Crippen LogP contribution is -2.43. The van der Waals surface area contributed by atoms with E-state index in [1.165, 1.54) is 12.3 Å². The van der Waals surface area contributed by atoms with Crippen LogP contribution >= 0.6 is 0 Å². The van der Waals surface area contributed by atoms with Crippen molar-refractivity contribution >= 4 is 0 Å². The smallest absolute Gasteiger partial charge is 0.491 e. The first-order valence-corrected chi connectivity index (χ1v) is 6.72. The molecule has 1 unspecified atom stereocenters. The fourth-order valence-electron chi connectivity index (χ4n) is 2.55. The molecule has 0 saturated heterocycles. The number of benzene rings is 1. The predicted octanol–water partition coefficient (Wildman–Crippen LogP) is 3.10. The molecule has 0 saturated carbocycles. The highest BCUT2D eigenvalue weighted by Crippen LogP contribution is 2.39. The monoisotopic (exact) mass is 328 g/mol. The van der Waals surface area contributed by atoms with Crippen LogP contribution in [0.25, 0.3) is 0 Å². The van der Waals surface area contributed by atoms with Crippen LogP contribution in [0.1, 0.15) is 17.7 Å². The van der Waals surface area contributed by atoms with E-state index in [4.69, 9.17) is 10.5 Å². The molecular weight excluding hydrogens is 316 g/mol. The Kier molecular flexibility index (Phi) is 3.63. The summed E-state index contributed by atoms with van der Waals surface area (Å²) in [5, 5.41) is 0. The van der Waals surface area contributed by atoms with Crippen LogP contribution in [0.15, 0.2) is 36.5 Å². The first kappa shape index (κ1) is 15.5. The Hall–Kier alpha value is -2.35. The van der Waals surface area contributed by atoms with Crippen molar-refractivity contribution in [2.45, 2.75) is 18.3 Å². The highest BCUT2D eigenvalue weighted by molar-refractivity contribution is 5.45. The topological polar surface area (TPSA) is 57.4 Å². The number of nitrogens with zero attached hydrogens (tertiary/aromatic N) is 1. The fraction of sp³-hybridized carbons (Fsp3) is 0.267. The van der Waals surface area contributed by atoms with Gasteiger partial charge in [-0.25, -0.2) is 4.39 Å². The quantitative estimate of drug-likeness (QED) is 0.861. The second-order valence-corrected chi connectivity index (χ2v) is 5.11. The summed E-state index contributed by atoms with van der Waals surface area (Å²) in [5.41, 5.74) is 5.93. The number of hydrogen-bond donors (Lipinski definition) is 1. The SMILES string of the molecule is NC1(c2ccc(OC(F)(F)F)c(F)c2)CCOc2cccnc21. The molecule has 2 heterocycles. The Bertz CT molecular complexity index is 736. The Morgan fingerprint density at radius 1 is 1.26 bits per heavy atom. The Morgan fingerprint density at radius 2 is 2.04 bits per heavy atom. The summed E-state index contributed by atoms with van der Waals surface area (Å²) in [7, 11) is 0. The summed E-state index contributed by atoms with van der Waals surface area (Å²) in [4.78, 5) is 4.18. The molecule has 23 heavy (non-hydrogen) atoms. The van der Waals surface area contributed by atoms with Gasteiger partial charge in [-0.1, -0.05) is 6.07 Å². The van der Waals surface area contributed by atoms with Crippen molar-refractivity contribution in [2.24, 2.45) is 5.73 Å². The maximum absolute atomic E-state index is 13.9. The van der Waals surface area contributed by atoms with Crippen molar-refractivity contribution in [2.75, 3.05) is 6.61 Å². The number of nitrogens with two attached hydrogens (primary N) is 1. The van der Waals surface area contributed by atoms with Gasteiger partial charge in [0.15, 0.2) is 11.6 Å². The molecule has 0 radical (unpaired) electrons. The Balaban J connectivity index is 2.01. The minimum Gasteiger partial charge on any atom is -0.491 e. The molecule has 2 aromatic rings. The molecule has 1 aromatic carbocycles. The average Bonchev–Trinajstić information content (AvgIpc) is 2.48. The van der Waals surface area contributed by atoms with E-state index in [0.717, 1.165) is 12.1 Å². The van der Waals surface area contributed by atoms with E-state index in [2.05, 4.69) is 9.72 Å². The molecule has 0 amide bonds. The zero-order valence-corrected chi connectivity index (χ0v) is 11.7. The van der Waals surface area contributed by atoms with Crippen molar-refractivity contribution in [1.82, 2.24) is 4.98 Å². The second-order valence-electron chi connectivity index (χ2n) is 5.11. The third-order valence-electron chi connectivity index (χ3n) is 3.62. The van der Waals surface area contributed by atoms with Crippen LogP contribution in [0.5, 0.6) is 11.5 Å². The lowest BCUT2D eigenvalue weighted by molar-refractivity contribution is -0.275. The first-order valence-electron chi connectivity index (χ1n) is 6.72. The van der Waals surface area contributed by atoms with Crippen LogP contribution in [0.4, 0.5) is 17.6 Å². The Labute approximate surface area is 128 Å². The van der Waals surface area contributed by atoms with Crippen molar-refractivity contribution in [3.05, 3.63) is 53.6 Å². The van der Waals surface area contributed by atoms with Gasteiger partial charge >= 0.3 is 6.36 Å². The van der Waals surface area contributed by atoms with Crippen LogP contribution in [-0.2, 0) is 5.54 Å². The van der Waals surface area contributed by atoms with Gasteiger partial charge in [0, 0.05) is 12.6 Å². The second kappa shape index (κ2) is 5.38. The lowest BCUT2D eigenvalue weighted by Gasteiger charge is -2.34. The van der Waals surface area contributed by atoms with Crippen LogP contribution in [0, 0.1) is 5.82 Å². The van der Waals surface area contributed by atoms with Crippen molar-refractivity contribution in [1.29, 1.82) is 0 Å². The number of ether oxygens (including phenoxy) is 2. The number of rotatable bonds is 2. The van der Waals surface area contributed by atoms with Crippen molar-refractivity contribution in [3.63, 3.8) is 0 Å². The summed E-state index contributed by atoms with van der Waals surface area (Å²) in [6.07, 6.45) is -3.13. The Morgan fingerprint density at radius 3 is 2.74 bits per heavy atom. The molecule has 1 aliphatic heterocycles. The summed E-state index contributed by atoms with van der Waals surface area (Å²) in [5.74, 6) is -1.58. The van der Waals surface area contributed by atoms with E-state index in [1.54, 1.807) is 12.1 Å². The summed E-state index contributed by atoms with van der Waals surface area (Å²) >= 11 is 0. The van der Waals surface area contributed by atoms with Gasteiger partial charge in [-0.15, -0.1) is 13.2 Å². The lowest BCUT2D eigenvalue weighted by atomic mass is 9.82. The standard InChI is InChI=1S/C15H12F4N2O2/c16-10-8-9(3-4-11(10)23-15(17,18)19)14(20)5-7-22-12-2-1-6-21-13(12)14/h1-4,6,8H,5,7,20H2. The number of aromatic nitrogens is 1. The molecule has 1 aliphatic rings. The van der Waals surface area contributed by atoms with Gasteiger partial charge in [-0.3, -0.25) is 4.98 Å². The number of pyridine rings is 1. The van der Waals surface area contributed by atoms with Gasteiger partial charge in [-0.05, 0) is 29.8 Å².